The fraction of sp³-hybridized carbons (Fsp3) is 0.500. The van der Waals surface area contributed by atoms with Gasteiger partial charge in [0.25, 0.3) is 0 Å². The number of hydrogen-bond donors (Lipinski definition) is 0. The van der Waals surface area contributed by atoms with Gasteiger partial charge in [-0.05, 0) is 6.42 Å². The molecule has 60 valence electrons. The Hall–Kier alpha value is 0.432. The Morgan fingerprint density at radius 2 is 1.80 bits per heavy atom. The quantitative estimate of drug-likeness (QED) is 0.351. The summed E-state index contributed by atoms with van der Waals surface area (Å²) in [5, 5.41) is 0. The number of allylic oxidation sites excluding steroid dienone is 4. The van der Waals surface area contributed by atoms with Crippen LogP contribution in [0.5, 0.6) is 0 Å². The first-order valence-corrected chi connectivity index (χ1v) is 5.32. The number of hydrogen-bond acceptors (Lipinski definition) is 0. The summed E-state index contributed by atoms with van der Waals surface area (Å²) in [6.07, 6.45) is 14.5. The first kappa shape index (κ1) is 10.4. The molecule has 0 spiro atoms. The summed E-state index contributed by atoms with van der Waals surface area (Å²) in [4.78, 5) is 0. The second-order valence-corrected chi connectivity index (χ2v) is 2.00. The first-order chi connectivity index (χ1) is 5.00. The molecule has 10 heavy (non-hydrogen) atoms. The summed E-state index contributed by atoms with van der Waals surface area (Å²) >= 11 is 2.22. The monoisotopic (exact) mass is 248 g/mol. The molecule has 0 radical (unpaired) electrons. The molecule has 0 saturated heterocycles. The molecule has 0 aromatic rings. The second kappa shape index (κ2) is 9.43. The van der Waals surface area contributed by atoms with Crippen molar-refractivity contribution in [3.8, 4) is 0 Å². The fourth-order valence-corrected chi connectivity index (χ4v) is 0.786. The molecule has 1 aliphatic rings. The molecule has 0 fully saturated rings. The van der Waals surface area contributed by atoms with Gasteiger partial charge < -0.3 is 6.08 Å². The van der Waals surface area contributed by atoms with E-state index in [9.17, 15) is 0 Å². The van der Waals surface area contributed by atoms with Gasteiger partial charge in [-0.25, -0.2) is 0 Å². The standard InChI is InChI=1S/C8H11.ClH.Pd/c1-2-4-6-8-7-5-3-1;;/h1-2,7H,3-6H2;1H;/q-1;;+2/p-1. The SMILES string of the molecule is [C-]1=CCCC=CCC1.[Cl][Pd+]. The van der Waals surface area contributed by atoms with E-state index in [0.29, 0.717) is 0 Å². The Morgan fingerprint density at radius 1 is 1.10 bits per heavy atom. The molecule has 0 aliphatic heterocycles. The fourth-order valence-electron chi connectivity index (χ4n) is 0.786. The van der Waals surface area contributed by atoms with Gasteiger partial charge in [0.15, 0.2) is 0 Å². The van der Waals surface area contributed by atoms with Crippen molar-refractivity contribution >= 4 is 9.53 Å². The summed E-state index contributed by atoms with van der Waals surface area (Å²) in [5.74, 6) is 0. The van der Waals surface area contributed by atoms with Crippen molar-refractivity contribution in [2.45, 2.75) is 25.7 Å². The van der Waals surface area contributed by atoms with Gasteiger partial charge in [0.2, 0.25) is 0 Å². The van der Waals surface area contributed by atoms with Crippen LogP contribution in [0.2, 0.25) is 0 Å². The summed E-state index contributed by atoms with van der Waals surface area (Å²) < 4.78 is 0. The van der Waals surface area contributed by atoms with E-state index in [1.807, 2.05) is 0 Å². The molecule has 0 bridgehead atoms. The Labute approximate surface area is 77.7 Å². The Morgan fingerprint density at radius 3 is 2.60 bits per heavy atom. The molecule has 0 heterocycles. The van der Waals surface area contributed by atoms with Crippen LogP contribution in [0.15, 0.2) is 18.2 Å². The van der Waals surface area contributed by atoms with Crippen molar-refractivity contribution < 1.29 is 18.2 Å². The zero-order chi connectivity index (χ0) is 7.66. The molecule has 0 atom stereocenters. The molecule has 0 amide bonds. The van der Waals surface area contributed by atoms with Crippen molar-refractivity contribution in [2.75, 3.05) is 0 Å². The Bertz CT molecular complexity index is 81.8. The van der Waals surface area contributed by atoms with Gasteiger partial charge in [0, 0.05) is 0 Å². The van der Waals surface area contributed by atoms with Crippen LogP contribution in [-0.4, -0.2) is 0 Å². The maximum atomic E-state index is 4.49. The van der Waals surface area contributed by atoms with Gasteiger partial charge in [-0.15, -0.1) is 0 Å². The van der Waals surface area contributed by atoms with Crippen molar-refractivity contribution in [1.82, 2.24) is 0 Å². The van der Waals surface area contributed by atoms with E-state index < -0.39 is 0 Å². The molecule has 2 heteroatoms. The van der Waals surface area contributed by atoms with Crippen molar-refractivity contribution in [2.24, 2.45) is 0 Å². The van der Waals surface area contributed by atoms with Crippen LogP contribution in [0.25, 0.3) is 0 Å². The Balaban J connectivity index is 0.000000371. The predicted octanol–water partition coefficient (Wildman–Crippen LogP) is 3.16. The zero-order valence-electron chi connectivity index (χ0n) is 5.75. The van der Waals surface area contributed by atoms with Crippen LogP contribution in [0.4, 0.5) is 0 Å². The summed E-state index contributed by atoms with van der Waals surface area (Å²) in [6.45, 7) is 0. The molecular formula is C8H11ClPd. The molecular weight excluding hydrogens is 238 g/mol. The molecule has 0 nitrogen and oxygen atoms in total. The maximum absolute atomic E-state index is 4.49. The van der Waals surface area contributed by atoms with E-state index in [4.69, 9.17) is 0 Å². The van der Waals surface area contributed by atoms with Crippen molar-refractivity contribution in [3.05, 3.63) is 24.3 Å². The first-order valence-electron chi connectivity index (χ1n) is 3.32. The van der Waals surface area contributed by atoms with Crippen molar-refractivity contribution in [1.29, 1.82) is 0 Å². The number of rotatable bonds is 0. The van der Waals surface area contributed by atoms with E-state index in [1.165, 1.54) is 19.3 Å². The van der Waals surface area contributed by atoms with E-state index in [1.54, 1.807) is 0 Å². The minimum absolute atomic E-state index is 1.11. The summed E-state index contributed by atoms with van der Waals surface area (Å²) in [6, 6.07) is 0. The second-order valence-electron chi connectivity index (χ2n) is 2.00. The van der Waals surface area contributed by atoms with E-state index in [0.717, 1.165) is 6.42 Å². The average Bonchev–Trinajstić information content (AvgIpc) is 1.90. The summed E-state index contributed by atoms with van der Waals surface area (Å²) in [7, 11) is 4.49. The zero-order valence-corrected chi connectivity index (χ0v) is 8.07. The topological polar surface area (TPSA) is 0 Å². The molecule has 0 aromatic heterocycles. The molecule has 0 aromatic carbocycles. The van der Waals surface area contributed by atoms with Gasteiger partial charge >= 0.3 is 27.7 Å². The van der Waals surface area contributed by atoms with Gasteiger partial charge in [-0.1, -0.05) is 25.0 Å². The van der Waals surface area contributed by atoms with Gasteiger partial charge in [-0.2, -0.15) is 6.42 Å². The molecule has 1 rings (SSSR count). The van der Waals surface area contributed by atoms with Crippen molar-refractivity contribution in [3.63, 3.8) is 0 Å². The molecule has 0 unspecified atom stereocenters. The third-order valence-electron chi connectivity index (χ3n) is 1.24. The van der Waals surface area contributed by atoms with Gasteiger partial charge in [0.1, 0.15) is 0 Å². The molecule has 0 N–H and O–H groups in total. The molecule has 1 aliphatic carbocycles. The van der Waals surface area contributed by atoms with Crippen LogP contribution in [-0.2, 0) is 18.2 Å². The average molecular weight is 249 g/mol. The predicted molar refractivity (Wildman–Crippen MR) is 41.3 cm³/mol. The van der Waals surface area contributed by atoms with Gasteiger partial charge in [-0.3, -0.25) is 6.08 Å². The van der Waals surface area contributed by atoms with Crippen LogP contribution < -0.4 is 0 Å². The number of halogens is 1. The molecule has 0 saturated carbocycles. The van der Waals surface area contributed by atoms with E-state index in [-0.39, 0.29) is 0 Å². The van der Waals surface area contributed by atoms with Crippen LogP contribution in [0.1, 0.15) is 25.7 Å². The third kappa shape index (κ3) is 6.55. The minimum atomic E-state index is 1.11. The van der Waals surface area contributed by atoms with E-state index in [2.05, 4.69) is 52.0 Å². The third-order valence-corrected chi connectivity index (χ3v) is 1.24. The normalized spacial score (nSPS) is 16.7. The van der Waals surface area contributed by atoms with Gasteiger partial charge in [0.05, 0.1) is 0 Å². The summed E-state index contributed by atoms with van der Waals surface area (Å²) in [5.41, 5.74) is 0. The van der Waals surface area contributed by atoms with Crippen LogP contribution in [0, 0.1) is 6.08 Å². The van der Waals surface area contributed by atoms with E-state index >= 15 is 0 Å². The van der Waals surface area contributed by atoms with Crippen LogP contribution >= 0.6 is 9.53 Å². The van der Waals surface area contributed by atoms with Crippen LogP contribution in [0.3, 0.4) is 0 Å². The Kier molecular flexibility index (Phi) is 9.84.